The Hall–Kier alpha value is -1.92. The minimum Gasteiger partial charge on any atom is -0.266 e. The molecule has 0 spiro atoms. The van der Waals surface area contributed by atoms with Gasteiger partial charge in [0.15, 0.2) is 0 Å². The molecule has 2 aromatic rings. The maximum atomic E-state index is 12.5. The van der Waals surface area contributed by atoms with Crippen molar-refractivity contribution in [3.05, 3.63) is 36.3 Å². The van der Waals surface area contributed by atoms with E-state index in [-0.39, 0.29) is 11.3 Å². The third-order valence-corrected chi connectivity index (χ3v) is 2.29. The number of halogens is 4. The Morgan fingerprint density at radius 1 is 1.22 bits per heavy atom. The van der Waals surface area contributed by atoms with E-state index in [2.05, 4.69) is 10.1 Å². The molecule has 18 heavy (non-hydrogen) atoms. The first-order valence-electron chi connectivity index (χ1n) is 5.11. The Balaban J connectivity index is 2.25. The van der Waals surface area contributed by atoms with Crippen LogP contribution in [-0.2, 0) is 6.54 Å². The van der Waals surface area contributed by atoms with Gasteiger partial charge < -0.3 is 0 Å². The van der Waals surface area contributed by atoms with Gasteiger partial charge in [0.25, 0.3) is 12.9 Å². The zero-order chi connectivity index (χ0) is 13.1. The van der Waals surface area contributed by atoms with Gasteiger partial charge in [0, 0.05) is 23.5 Å². The van der Waals surface area contributed by atoms with Crippen molar-refractivity contribution in [2.75, 3.05) is 0 Å². The highest BCUT2D eigenvalue weighted by atomic mass is 19.3. The van der Waals surface area contributed by atoms with Gasteiger partial charge >= 0.3 is 0 Å². The van der Waals surface area contributed by atoms with Crippen molar-refractivity contribution in [2.24, 2.45) is 0 Å². The van der Waals surface area contributed by atoms with Crippen molar-refractivity contribution < 1.29 is 17.6 Å². The van der Waals surface area contributed by atoms with Gasteiger partial charge in [0.2, 0.25) is 0 Å². The minimum atomic E-state index is -2.59. The second-order valence-electron chi connectivity index (χ2n) is 3.62. The van der Waals surface area contributed by atoms with E-state index in [1.54, 1.807) is 0 Å². The molecule has 0 unspecified atom stereocenters. The maximum absolute atomic E-state index is 12.5. The Bertz CT molecular complexity index is 525. The van der Waals surface area contributed by atoms with E-state index in [1.165, 1.54) is 30.7 Å². The van der Waals surface area contributed by atoms with E-state index in [0.29, 0.717) is 5.56 Å². The first-order chi connectivity index (χ1) is 8.56. The highest BCUT2D eigenvalue weighted by Gasteiger charge is 2.11. The predicted molar refractivity (Wildman–Crippen MR) is 56.4 cm³/mol. The zero-order valence-electron chi connectivity index (χ0n) is 9.10. The summed E-state index contributed by atoms with van der Waals surface area (Å²) in [6, 6.07) is 2.42. The summed E-state index contributed by atoms with van der Waals surface area (Å²) in [7, 11) is 0. The molecule has 0 aliphatic rings. The molecule has 3 nitrogen and oxygen atoms in total. The lowest BCUT2D eigenvalue weighted by molar-refractivity contribution is 0.122. The number of rotatable bonds is 4. The molecule has 0 aliphatic carbocycles. The van der Waals surface area contributed by atoms with Gasteiger partial charge in [-0.3, -0.25) is 9.67 Å². The fraction of sp³-hybridized carbons (Fsp3) is 0.273. The first-order valence-corrected chi connectivity index (χ1v) is 5.11. The predicted octanol–water partition coefficient (Wildman–Crippen LogP) is 3.15. The largest absolute Gasteiger partial charge is 0.266 e. The van der Waals surface area contributed by atoms with Gasteiger partial charge in [-0.15, -0.1) is 0 Å². The van der Waals surface area contributed by atoms with Gasteiger partial charge in [-0.2, -0.15) is 5.10 Å². The Morgan fingerprint density at radius 3 is 2.67 bits per heavy atom. The van der Waals surface area contributed by atoms with Gasteiger partial charge in [-0.05, 0) is 12.1 Å². The number of alkyl halides is 4. The van der Waals surface area contributed by atoms with Crippen LogP contribution in [0.2, 0.25) is 0 Å². The molecule has 7 heteroatoms. The number of aromatic nitrogens is 3. The maximum Gasteiger partial charge on any atom is 0.263 e. The molecule has 2 aromatic heterocycles. The molecule has 0 N–H and O–H groups in total. The van der Waals surface area contributed by atoms with E-state index in [9.17, 15) is 17.6 Å². The lowest BCUT2D eigenvalue weighted by atomic mass is 10.2. The van der Waals surface area contributed by atoms with Crippen LogP contribution in [0.1, 0.15) is 12.0 Å². The Kier molecular flexibility index (Phi) is 3.59. The summed E-state index contributed by atoms with van der Waals surface area (Å²) < 4.78 is 50.3. The fourth-order valence-corrected chi connectivity index (χ4v) is 1.48. The number of hydrogen-bond acceptors (Lipinski definition) is 2. The van der Waals surface area contributed by atoms with E-state index in [4.69, 9.17) is 0 Å². The topological polar surface area (TPSA) is 30.7 Å². The van der Waals surface area contributed by atoms with E-state index in [1.807, 2.05) is 0 Å². The second kappa shape index (κ2) is 5.16. The molecule has 2 rings (SSSR count). The summed E-state index contributed by atoms with van der Waals surface area (Å²) in [5.41, 5.74) is 0.549. The molecule has 0 radical (unpaired) electrons. The smallest absolute Gasteiger partial charge is 0.263 e. The van der Waals surface area contributed by atoms with Crippen molar-refractivity contribution in [2.45, 2.75) is 19.4 Å². The fourth-order valence-electron chi connectivity index (χ4n) is 1.48. The van der Waals surface area contributed by atoms with Crippen LogP contribution in [0.25, 0.3) is 11.3 Å². The molecular formula is C11H9F4N3. The minimum absolute atomic E-state index is 0.165. The molecule has 0 aliphatic heterocycles. The van der Waals surface area contributed by atoms with Crippen LogP contribution >= 0.6 is 0 Å². The van der Waals surface area contributed by atoms with Crippen LogP contribution in [0.3, 0.4) is 0 Å². The van der Waals surface area contributed by atoms with Crippen LogP contribution in [0.4, 0.5) is 17.6 Å². The summed E-state index contributed by atoms with van der Waals surface area (Å²) in [6.45, 7) is -0.533. The van der Waals surface area contributed by atoms with E-state index in [0.717, 1.165) is 4.68 Å². The Morgan fingerprint density at radius 2 is 2.00 bits per heavy atom. The van der Waals surface area contributed by atoms with Crippen molar-refractivity contribution in [3.63, 3.8) is 0 Å². The Labute approximate surface area is 100 Å². The average molecular weight is 259 g/mol. The van der Waals surface area contributed by atoms with Crippen molar-refractivity contribution in [1.29, 1.82) is 0 Å². The lowest BCUT2D eigenvalue weighted by Gasteiger charge is -2.01. The molecule has 0 aromatic carbocycles. The van der Waals surface area contributed by atoms with Crippen LogP contribution in [-0.4, -0.2) is 21.2 Å². The first kappa shape index (κ1) is 12.5. The van der Waals surface area contributed by atoms with Crippen LogP contribution in [0.5, 0.6) is 0 Å². The highest BCUT2D eigenvalue weighted by Crippen LogP contribution is 2.23. The van der Waals surface area contributed by atoms with Crippen molar-refractivity contribution >= 4 is 0 Å². The van der Waals surface area contributed by atoms with Gasteiger partial charge in [-0.1, -0.05) is 0 Å². The number of nitrogens with zero attached hydrogens (tertiary/aromatic N) is 3. The molecule has 0 atom stereocenters. The van der Waals surface area contributed by atoms with Crippen LogP contribution in [0.15, 0.2) is 30.7 Å². The quantitative estimate of drug-likeness (QED) is 0.790. The average Bonchev–Trinajstić information content (AvgIpc) is 2.77. The molecule has 0 saturated carbocycles. The summed E-state index contributed by atoms with van der Waals surface area (Å²) in [5, 5.41) is 3.72. The summed E-state index contributed by atoms with van der Waals surface area (Å²) in [6.07, 6.45) is -1.19. The standard InChI is InChI=1S/C11H9F4N3/c12-10(13)6-18-5-8(4-17-18)9-3-7(11(14)15)1-2-16-9/h1-5,10-11H,6H2. The van der Waals surface area contributed by atoms with Crippen molar-refractivity contribution in [3.8, 4) is 11.3 Å². The van der Waals surface area contributed by atoms with E-state index < -0.39 is 19.4 Å². The second-order valence-corrected chi connectivity index (χ2v) is 3.62. The SMILES string of the molecule is FC(F)Cn1cc(-c2cc(C(F)F)ccn2)cn1. The molecule has 0 bridgehead atoms. The molecule has 96 valence electrons. The molecule has 0 saturated heterocycles. The highest BCUT2D eigenvalue weighted by molar-refractivity contribution is 5.57. The molecule has 2 heterocycles. The molecule has 0 amide bonds. The van der Waals surface area contributed by atoms with Gasteiger partial charge in [0.1, 0.15) is 6.54 Å². The number of pyridine rings is 1. The normalized spacial score (nSPS) is 11.4. The number of hydrogen-bond donors (Lipinski definition) is 0. The summed E-state index contributed by atoms with van der Waals surface area (Å²) in [4.78, 5) is 3.91. The van der Waals surface area contributed by atoms with Crippen LogP contribution in [0, 0.1) is 0 Å². The zero-order valence-corrected chi connectivity index (χ0v) is 9.10. The lowest BCUT2D eigenvalue weighted by Crippen LogP contribution is -2.06. The molecular weight excluding hydrogens is 250 g/mol. The van der Waals surface area contributed by atoms with Gasteiger partial charge in [-0.25, -0.2) is 17.6 Å². The monoisotopic (exact) mass is 259 g/mol. The third-order valence-electron chi connectivity index (χ3n) is 2.29. The van der Waals surface area contributed by atoms with E-state index >= 15 is 0 Å². The summed E-state index contributed by atoms with van der Waals surface area (Å²) in [5.74, 6) is 0. The summed E-state index contributed by atoms with van der Waals surface area (Å²) >= 11 is 0. The van der Waals surface area contributed by atoms with Crippen LogP contribution < -0.4 is 0 Å². The van der Waals surface area contributed by atoms with Crippen molar-refractivity contribution in [1.82, 2.24) is 14.8 Å². The van der Waals surface area contributed by atoms with Gasteiger partial charge in [0.05, 0.1) is 11.9 Å². The third kappa shape index (κ3) is 2.85. The molecule has 0 fully saturated rings.